The van der Waals surface area contributed by atoms with E-state index in [-0.39, 0.29) is 0 Å². The summed E-state index contributed by atoms with van der Waals surface area (Å²) >= 11 is 0. The van der Waals surface area contributed by atoms with Gasteiger partial charge >= 0.3 is 0 Å². The van der Waals surface area contributed by atoms with Crippen LogP contribution < -0.4 is 5.32 Å². The third-order valence-corrected chi connectivity index (χ3v) is 4.84. The zero-order chi connectivity index (χ0) is 12.6. The minimum atomic E-state index is 0.529. The summed E-state index contributed by atoms with van der Waals surface area (Å²) in [5, 5.41) is 12.3. The molecular formula is C14H24N4. The zero-order valence-electron chi connectivity index (χ0n) is 11.6. The van der Waals surface area contributed by atoms with Crippen molar-refractivity contribution >= 4 is 0 Å². The maximum atomic E-state index is 4.36. The van der Waals surface area contributed by atoms with Crippen LogP contribution in [0.4, 0.5) is 0 Å². The van der Waals surface area contributed by atoms with E-state index in [0.717, 1.165) is 25.3 Å². The maximum absolute atomic E-state index is 4.36. The van der Waals surface area contributed by atoms with Crippen LogP contribution in [0.25, 0.3) is 0 Å². The van der Waals surface area contributed by atoms with E-state index in [4.69, 9.17) is 0 Å². The summed E-state index contributed by atoms with van der Waals surface area (Å²) in [4.78, 5) is 0. The summed E-state index contributed by atoms with van der Waals surface area (Å²) in [7, 11) is 0. The van der Waals surface area contributed by atoms with Crippen molar-refractivity contribution in [1.82, 2.24) is 20.1 Å². The molecule has 0 amide bonds. The molecule has 0 bridgehead atoms. The van der Waals surface area contributed by atoms with Gasteiger partial charge in [-0.3, -0.25) is 0 Å². The minimum Gasteiger partial charge on any atom is -0.314 e. The number of nitrogens with one attached hydrogen (secondary N) is 1. The predicted octanol–water partition coefficient (Wildman–Crippen LogP) is 2.28. The number of nitrogens with zero attached hydrogens (tertiary/aromatic N) is 3. The molecule has 0 saturated heterocycles. The van der Waals surface area contributed by atoms with E-state index in [1.165, 1.54) is 37.9 Å². The Morgan fingerprint density at radius 1 is 1.28 bits per heavy atom. The van der Waals surface area contributed by atoms with Gasteiger partial charge in [-0.15, -0.1) is 10.2 Å². The monoisotopic (exact) mass is 248 g/mol. The fraction of sp³-hybridized carbons (Fsp3) is 0.857. The molecule has 2 heterocycles. The topological polar surface area (TPSA) is 42.7 Å². The second kappa shape index (κ2) is 4.65. The lowest BCUT2D eigenvalue weighted by Crippen LogP contribution is -2.33. The van der Waals surface area contributed by atoms with Crippen LogP contribution in [-0.4, -0.2) is 20.8 Å². The molecule has 1 fully saturated rings. The lowest BCUT2D eigenvalue weighted by Gasteiger charge is -2.20. The van der Waals surface area contributed by atoms with Crippen molar-refractivity contribution in [1.29, 1.82) is 0 Å². The van der Waals surface area contributed by atoms with E-state index in [2.05, 4.69) is 33.9 Å². The highest BCUT2D eigenvalue weighted by atomic mass is 15.3. The Hall–Kier alpha value is -0.900. The van der Waals surface area contributed by atoms with Crippen molar-refractivity contribution in [2.45, 2.75) is 71.5 Å². The van der Waals surface area contributed by atoms with Gasteiger partial charge in [0.15, 0.2) is 0 Å². The highest BCUT2D eigenvalue weighted by Crippen LogP contribution is 2.47. The number of fused-ring (bicyclic) bond motifs is 1. The third kappa shape index (κ3) is 2.30. The molecule has 100 valence electrons. The van der Waals surface area contributed by atoms with Crippen LogP contribution in [0.1, 0.15) is 57.6 Å². The molecule has 1 aromatic heterocycles. The number of hydrogen-bond donors (Lipinski definition) is 1. The Morgan fingerprint density at radius 2 is 2.11 bits per heavy atom. The average molecular weight is 248 g/mol. The summed E-state index contributed by atoms with van der Waals surface area (Å²) in [5.41, 5.74) is 0.529. The number of rotatable bonds is 4. The first-order valence-corrected chi connectivity index (χ1v) is 7.33. The van der Waals surface area contributed by atoms with Gasteiger partial charge in [-0.25, -0.2) is 0 Å². The fourth-order valence-corrected chi connectivity index (χ4v) is 2.80. The van der Waals surface area contributed by atoms with Crippen LogP contribution in [0.5, 0.6) is 0 Å². The maximum Gasteiger partial charge on any atom is 0.147 e. The molecule has 0 spiro atoms. The first kappa shape index (κ1) is 12.2. The molecule has 0 aromatic carbocycles. The number of aromatic nitrogens is 3. The van der Waals surface area contributed by atoms with Crippen LogP contribution >= 0.6 is 0 Å². The van der Waals surface area contributed by atoms with Gasteiger partial charge in [0.2, 0.25) is 0 Å². The molecule has 1 N–H and O–H groups in total. The summed E-state index contributed by atoms with van der Waals surface area (Å²) in [6.45, 7) is 6.64. The van der Waals surface area contributed by atoms with Crippen molar-refractivity contribution < 1.29 is 0 Å². The van der Waals surface area contributed by atoms with Crippen LogP contribution in [0.2, 0.25) is 0 Å². The van der Waals surface area contributed by atoms with Gasteiger partial charge < -0.3 is 9.88 Å². The minimum absolute atomic E-state index is 0.529. The second-order valence-corrected chi connectivity index (χ2v) is 6.25. The molecule has 1 aliphatic carbocycles. The van der Waals surface area contributed by atoms with Gasteiger partial charge in [-0.2, -0.15) is 0 Å². The van der Waals surface area contributed by atoms with Crippen molar-refractivity contribution in [3.63, 3.8) is 0 Å². The van der Waals surface area contributed by atoms with E-state index in [0.29, 0.717) is 11.5 Å². The van der Waals surface area contributed by atoms with Gasteiger partial charge in [-0.1, -0.05) is 13.3 Å². The molecular weight excluding hydrogens is 224 g/mol. The molecule has 1 aliphatic heterocycles. The summed E-state index contributed by atoms with van der Waals surface area (Å²) < 4.78 is 2.34. The van der Waals surface area contributed by atoms with Gasteiger partial charge in [-0.05, 0) is 38.0 Å². The normalized spacial score (nSPS) is 23.2. The molecule has 3 rings (SSSR count). The van der Waals surface area contributed by atoms with Crippen LogP contribution in [0, 0.1) is 5.41 Å². The highest BCUT2D eigenvalue weighted by Gasteiger charge is 2.42. The first-order chi connectivity index (χ1) is 8.69. The average Bonchev–Trinajstić information content (AvgIpc) is 3.07. The molecule has 2 aliphatic rings. The van der Waals surface area contributed by atoms with Crippen LogP contribution in [-0.2, 0) is 19.5 Å². The Bertz CT molecular complexity index is 419. The van der Waals surface area contributed by atoms with Crippen LogP contribution in [0.3, 0.4) is 0 Å². The number of aryl methyl sites for hydroxylation is 1. The molecule has 1 atom stereocenters. The molecule has 1 unspecified atom stereocenters. The third-order valence-electron chi connectivity index (χ3n) is 4.84. The second-order valence-electron chi connectivity index (χ2n) is 6.25. The van der Waals surface area contributed by atoms with Crippen molar-refractivity contribution in [2.75, 3.05) is 0 Å². The summed E-state index contributed by atoms with van der Waals surface area (Å²) in [5.74, 6) is 2.32. The van der Waals surface area contributed by atoms with E-state index < -0.39 is 0 Å². The van der Waals surface area contributed by atoms with Crippen molar-refractivity contribution in [3.8, 4) is 0 Å². The Morgan fingerprint density at radius 3 is 2.89 bits per heavy atom. The number of hydrogen-bond acceptors (Lipinski definition) is 3. The fourth-order valence-electron chi connectivity index (χ4n) is 2.80. The lowest BCUT2D eigenvalue weighted by atomic mass is 10.0. The van der Waals surface area contributed by atoms with E-state index in [1.807, 2.05) is 0 Å². The SMILES string of the molecule is CC(NCc1nnc2n1CCCCC2)C1(C)CC1. The Labute approximate surface area is 109 Å². The molecule has 4 heteroatoms. The highest BCUT2D eigenvalue weighted by molar-refractivity contribution is 5.00. The zero-order valence-corrected chi connectivity index (χ0v) is 11.6. The molecule has 4 nitrogen and oxygen atoms in total. The molecule has 1 aromatic rings. The standard InChI is InChI=1S/C14H24N4/c1-11(14(2)7-8-14)15-10-13-17-16-12-6-4-3-5-9-18(12)13/h11,15H,3-10H2,1-2H3. The summed E-state index contributed by atoms with van der Waals surface area (Å²) in [6.07, 6.45) is 7.68. The van der Waals surface area contributed by atoms with Crippen molar-refractivity contribution in [2.24, 2.45) is 5.41 Å². The lowest BCUT2D eigenvalue weighted by molar-refractivity contribution is 0.372. The molecule has 1 saturated carbocycles. The van der Waals surface area contributed by atoms with Gasteiger partial charge in [0.25, 0.3) is 0 Å². The first-order valence-electron chi connectivity index (χ1n) is 7.33. The van der Waals surface area contributed by atoms with E-state index in [9.17, 15) is 0 Å². The smallest absolute Gasteiger partial charge is 0.147 e. The molecule has 0 radical (unpaired) electrons. The molecule has 18 heavy (non-hydrogen) atoms. The Balaban J connectivity index is 1.64. The van der Waals surface area contributed by atoms with Crippen molar-refractivity contribution in [3.05, 3.63) is 11.6 Å². The predicted molar refractivity (Wildman–Crippen MR) is 71.2 cm³/mol. The Kier molecular flexibility index (Phi) is 3.14. The largest absolute Gasteiger partial charge is 0.314 e. The van der Waals surface area contributed by atoms with Crippen LogP contribution in [0.15, 0.2) is 0 Å². The van der Waals surface area contributed by atoms with Gasteiger partial charge in [0.1, 0.15) is 11.6 Å². The van der Waals surface area contributed by atoms with Gasteiger partial charge in [0.05, 0.1) is 6.54 Å². The van der Waals surface area contributed by atoms with Gasteiger partial charge in [0, 0.05) is 19.0 Å². The van der Waals surface area contributed by atoms with E-state index >= 15 is 0 Å². The summed E-state index contributed by atoms with van der Waals surface area (Å²) in [6, 6.07) is 0.580. The quantitative estimate of drug-likeness (QED) is 0.889. The van der Waals surface area contributed by atoms with E-state index in [1.54, 1.807) is 0 Å².